The molecular formula is C13H24N4. The van der Waals surface area contributed by atoms with Crippen LogP contribution in [0.5, 0.6) is 0 Å². The van der Waals surface area contributed by atoms with Crippen molar-refractivity contribution >= 4 is 0 Å². The minimum absolute atomic E-state index is 0.266. The van der Waals surface area contributed by atoms with Gasteiger partial charge in [-0.1, -0.05) is 19.8 Å². The Morgan fingerprint density at radius 3 is 2.82 bits per heavy atom. The zero-order valence-corrected chi connectivity index (χ0v) is 10.9. The van der Waals surface area contributed by atoms with Gasteiger partial charge < -0.3 is 11.1 Å². The monoisotopic (exact) mass is 236 g/mol. The molecule has 0 aromatic carbocycles. The Morgan fingerprint density at radius 1 is 1.53 bits per heavy atom. The fourth-order valence-electron chi connectivity index (χ4n) is 2.78. The van der Waals surface area contributed by atoms with Gasteiger partial charge >= 0.3 is 0 Å². The van der Waals surface area contributed by atoms with Crippen LogP contribution in [0.4, 0.5) is 0 Å². The van der Waals surface area contributed by atoms with Crippen LogP contribution in [0.3, 0.4) is 0 Å². The van der Waals surface area contributed by atoms with Gasteiger partial charge in [-0.25, -0.2) is 0 Å². The van der Waals surface area contributed by atoms with Gasteiger partial charge in [-0.15, -0.1) is 0 Å². The summed E-state index contributed by atoms with van der Waals surface area (Å²) < 4.78 is 1.90. The Balaban J connectivity index is 2.10. The lowest BCUT2D eigenvalue weighted by molar-refractivity contribution is 0.442. The second-order valence-corrected chi connectivity index (χ2v) is 4.99. The van der Waals surface area contributed by atoms with Crippen molar-refractivity contribution in [1.29, 1.82) is 0 Å². The third kappa shape index (κ3) is 2.87. The molecule has 1 atom stereocenters. The van der Waals surface area contributed by atoms with Crippen LogP contribution in [0.15, 0.2) is 6.20 Å². The predicted octanol–water partition coefficient (Wildman–Crippen LogP) is 1.51. The molecule has 0 radical (unpaired) electrons. The largest absolute Gasteiger partial charge is 0.329 e. The molecule has 1 aromatic rings. The van der Waals surface area contributed by atoms with E-state index in [2.05, 4.69) is 23.5 Å². The molecule has 4 nitrogen and oxygen atoms in total. The van der Waals surface area contributed by atoms with E-state index in [1.807, 2.05) is 11.7 Å². The predicted molar refractivity (Wildman–Crippen MR) is 69.8 cm³/mol. The summed E-state index contributed by atoms with van der Waals surface area (Å²) in [6.07, 6.45) is 8.36. The van der Waals surface area contributed by atoms with E-state index in [1.165, 1.54) is 36.9 Å². The van der Waals surface area contributed by atoms with Crippen LogP contribution in [0.25, 0.3) is 0 Å². The molecule has 2 rings (SSSR count). The van der Waals surface area contributed by atoms with Gasteiger partial charge in [-0.2, -0.15) is 5.10 Å². The third-order valence-electron chi connectivity index (χ3n) is 3.68. The third-order valence-corrected chi connectivity index (χ3v) is 3.68. The summed E-state index contributed by atoms with van der Waals surface area (Å²) in [5, 5.41) is 8.19. The zero-order valence-electron chi connectivity index (χ0n) is 10.9. The Kier molecular flexibility index (Phi) is 4.18. The molecule has 4 heteroatoms. The highest BCUT2D eigenvalue weighted by molar-refractivity contribution is 5.22. The van der Waals surface area contributed by atoms with E-state index in [0.717, 1.165) is 6.42 Å². The molecule has 3 N–H and O–H groups in total. The SMILES string of the molecule is CCc1nn(C)cc1C(CN)NC1CCCC1. The van der Waals surface area contributed by atoms with Crippen LogP contribution in [0.2, 0.25) is 0 Å². The molecule has 1 aliphatic carbocycles. The molecule has 0 saturated heterocycles. The molecule has 0 bridgehead atoms. The summed E-state index contributed by atoms with van der Waals surface area (Å²) in [4.78, 5) is 0. The Hall–Kier alpha value is -0.870. The Labute approximate surface area is 104 Å². The lowest BCUT2D eigenvalue weighted by Crippen LogP contribution is -2.35. The summed E-state index contributed by atoms with van der Waals surface area (Å²) in [6.45, 7) is 2.80. The highest BCUT2D eigenvalue weighted by Gasteiger charge is 2.22. The number of hydrogen-bond acceptors (Lipinski definition) is 3. The second kappa shape index (κ2) is 5.65. The molecule has 0 aliphatic heterocycles. The van der Waals surface area contributed by atoms with Gasteiger partial charge in [-0.3, -0.25) is 4.68 Å². The van der Waals surface area contributed by atoms with E-state index in [0.29, 0.717) is 12.6 Å². The van der Waals surface area contributed by atoms with Crippen molar-refractivity contribution < 1.29 is 0 Å². The number of nitrogens with zero attached hydrogens (tertiary/aromatic N) is 2. The molecule has 96 valence electrons. The number of rotatable bonds is 5. The molecule has 17 heavy (non-hydrogen) atoms. The number of hydrogen-bond donors (Lipinski definition) is 2. The molecule has 1 saturated carbocycles. The minimum Gasteiger partial charge on any atom is -0.329 e. The molecule has 1 unspecified atom stereocenters. The van der Waals surface area contributed by atoms with Crippen molar-refractivity contribution in [3.63, 3.8) is 0 Å². The van der Waals surface area contributed by atoms with Crippen LogP contribution in [0, 0.1) is 0 Å². The van der Waals surface area contributed by atoms with E-state index in [4.69, 9.17) is 5.73 Å². The normalized spacial score (nSPS) is 18.8. The zero-order chi connectivity index (χ0) is 12.3. The molecular weight excluding hydrogens is 212 g/mol. The van der Waals surface area contributed by atoms with Crippen LogP contribution in [-0.2, 0) is 13.5 Å². The van der Waals surface area contributed by atoms with Crippen LogP contribution < -0.4 is 11.1 Å². The minimum atomic E-state index is 0.266. The Morgan fingerprint density at radius 2 is 2.24 bits per heavy atom. The molecule has 1 aliphatic rings. The van der Waals surface area contributed by atoms with Gasteiger partial charge in [0.15, 0.2) is 0 Å². The Bertz CT molecular complexity index is 352. The molecule has 1 heterocycles. The highest BCUT2D eigenvalue weighted by Crippen LogP contribution is 2.23. The van der Waals surface area contributed by atoms with Gasteiger partial charge in [0, 0.05) is 37.4 Å². The van der Waals surface area contributed by atoms with Gasteiger partial charge in [0.1, 0.15) is 0 Å². The number of nitrogens with one attached hydrogen (secondary N) is 1. The number of aromatic nitrogens is 2. The molecule has 0 spiro atoms. The summed E-state index contributed by atoms with van der Waals surface area (Å²) in [5.74, 6) is 0. The van der Waals surface area contributed by atoms with Gasteiger partial charge in [-0.05, 0) is 19.3 Å². The van der Waals surface area contributed by atoms with E-state index in [9.17, 15) is 0 Å². The number of nitrogens with two attached hydrogens (primary N) is 1. The van der Waals surface area contributed by atoms with Crippen molar-refractivity contribution in [2.75, 3.05) is 6.54 Å². The maximum absolute atomic E-state index is 5.92. The summed E-state index contributed by atoms with van der Waals surface area (Å²) in [6, 6.07) is 0.912. The first kappa shape index (κ1) is 12.6. The first-order chi connectivity index (χ1) is 8.24. The molecule has 1 fully saturated rings. The van der Waals surface area contributed by atoms with Crippen molar-refractivity contribution in [3.8, 4) is 0 Å². The van der Waals surface area contributed by atoms with Gasteiger partial charge in [0.2, 0.25) is 0 Å². The van der Waals surface area contributed by atoms with E-state index >= 15 is 0 Å². The van der Waals surface area contributed by atoms with Crippen molar-refractivity contribution in [1.82, 2.24) is 15.1 Å². The van der Waals surface area contributed by atoms with Gasteiger partial charge in [0.25, 0.3) is 0 Å². The van der Waals surface area contributed by atoms with Crippen molar-refractivity contribution in [2.24, 2.45) is 12.8 Å². The molecule has 1 aromatic heterocycles. The fraction of sp³-hybridized carbons (Fsp3) is 0.769. The topological polar surface area (TPSA) is 55.9 Å². The maximum atomic E-state index is 5.92. The van der Waals surface area contributed by atoms with Crippen LogP contribution in [-0.4, -0.2) is 22.4 Å². The van der Waals surface area contributed by atoms with E-state index in [-0.39, 0.29) is 6.04 Å². The first-order valence-electron chi connectivity index (χ1n) is 6.73. The van der Waals surface area contributed by atoms with Crippen molar-refractivity contribution in [3.05, 3.63) is 17.5 Å². The van der Waals surface area contributed by atoms with Crippen LogP contribution >= 0.6 is 0 Å². The quantitative estimate of drug-likeness (QED) is 0.815. The standard InChI is InChI=1S/C13H24N4/c1-3-12-11(9-17(2)16-12)13(8-14)15-10-6-4-5-7-10/h9-10,13,15H,3-8,14H2,1-2H3. The number of aryl methyl sites for hydroxylation is 2. The van der Waals surface area contributed by atoms with Crippen LogP contribution in [0.1, 0.15) is 49.9 Å². The average Bonchev–Trinajstić information content (AvgIpc) is 2.94. The van der Waals surface area contributed by atoms with Crippen molar-refractivity contribution in [2.45, 2.75) is 51.1 Å². The van der Waals surface area contributed by atoms with E-state index < -0.39 is 0 Å². The fourth-order valence-corrected chi connectivity index (χ4v) is 2.78. The average molecular weight is 236 g/mol. The first-order valence-corrected chi connectivity index (χ1v) is 6.73. The molecule has 0 amide bonds. The smallest absolute Gasteiger partial charge is 0.0670 e. The second-order valence-electron chi connectivity index (χ2n) is 4.99. The summed E-state index contributed by atoms with van der Waals surface area (Å²) in [7, 11) is 1.98. The van der Waals surface area contributed by atoms with E-state index in [1.54, 1.807) is 0 Å². The highest BCUT2D eigenvalue weighted by atomic mass is 15.3. The lowest BCUT2D eigenvalue weighted by Gasteiger charge is -2.21. The maximum Gasteiger partial charge on any atom is 0.0670 e. The summed E-state index contributed by atoms with van der Waals surface area (Å²) in [5.41, 5.74) is 8.37. The van der Waals surface area contributed by atoms with Gasteiger partial charge in [0.05, 0.1) is 5.69 Å². The summed E-state index contributed by atoms with van der Waals surface area (Å²) >= 11 is 0. The lowest BCUT2D eigenvalue weighted by atomic mass is 10.0.